The third-order valence-electron chi connectivity index (χ3n) is 2.53. The minimum Gasteiger partial charge on any atom is -0.331 e. The summed E-state index contributed by atoms with van der Waals surface area (Å²) in [4.78, 5) is 12.9. The Bertz CT molecular complexity index is 501. The summed E-state index contributed by atoms with van der Waals surface area (Å²) in [6.45, 7) is 3.86. The van der Waals surface area contributed by atoms with Gasteiger partial charge >= 0.3 is 0 Å². The van der Waals surface area contributed by atoms with Crippen molar-refractivity contribution in [2.45, 2.75) is 19.9 Å². The van der Waals surface area contributed by atoms with Crippen LogP contribution in [0.5, 0.6) is 0 Å². The van der Waals surface area contributed by atoms with Crippen molar-refractivity contribution in [3.8, 4) is 11.6 Å². The van der Waals surface area contributed by atoms with Crippen LogP contribution in [0.25, 0.3) is 11.6 Å². The molecule has 0 aliphatic carbocycles. The number of hydrogen-bond acceptors (Lipinski definition) is 4. The monoisotopic (exact) mass is 217 g/mol. The largest absolute Gasteiger partial charge is 0.331 e. The molecule has 0 radical (unpaired) electrons. The van der Waals surface area contributed by atoms with Crippen LogP contribution in [-0.4, -0.2) is 19.5 Å². The molecular weight excluding hydrogens is 202 g/mol. The van der Waals surface area contributed by atoms with E-state index in [0.29, 0.717) is 5.82 Å². The van der Waals surface area contributed by atoms with Crippen LogP contribution in [0.4, 0.5) is 0 Å². The molecule has 2 N–H and O–H groups in total. The van der Waals surface area contributed by atoms with Gasteiger partial charge in [-0.3, -0.25) is 0 Å². The van der Waals surface area contributed by atoms with Crippen LogP contribution in [0.2, 0.25) is 0 Å². The van der Waals surface area contributed by atoms with Crippen LogP contribution < -0.4 is 5.73 Å². The van der Waals surface area contributed by atoms with Gasteiger partial charge in [0.15, 0.2) is 11.6 Å². The van der Waals surface area contributed by atoms with Gasteiger partial charge in [-0.25, -0.2) is 15.0 Å². The van der Waals surface area contributed by atoms with Gasteiger partial charge in [0.25, 0.3) is 0 Å². The zero-order valence-electron chi connectivity index (χ0n) is 9.68. The van der Waals surface area contributed by atoms with Gasteiger partial charge in [0, 0.05) is 42.9 Å². The van der Waals surface area contributed by atoms with Gasteiger partial charge in [0.2, 0.25) is 0 Å². The predicted molar refractivity (Wildman–Crippen MR) is 61.6 cm³/mol. The fraction of sp³-hybridized carbons (Fsp3) is 0.364. The quantitative estimate of drug-likeness (QED) is 0.820. The minimum atomic E-state index is -0.0459. The third-order valence-corrected chi connectivity index (χ3v) is 2.53. The zero-order chi connectivity index (χ0) is 11.7. The van der Waals surface area contributed by atoms with E-state index < -0.39 is 0 Å². The molecule has 1 atom stereocenters. The molecule has 0 spiro atoms. The lowest BCUT2D eigenvalue weighted by Crippen LogP contribution is -2.10. The Labute approximate surface area is 94.4 Å². The number of aromatic nitrogens is 4. The standard InChI is InChI=1S/C11H15N5/c1-7(12)9-6-14-10(15-8(9)2)11-13-4-5-16(11)3/h4-7H,12H2,1-3H3/t7-/m0/s1. The molecule has 0 amide bonds. The maximum absolute atomic E-state index is 5.81. The topological polar surface area (TPSA) is 69.6 Å². The second kappa shape index (κ2) is 4.02. The Balaban J connectivity index is 2.46. The molecule has 84 valence electrons. The van der Waals surface area contributed by atoms with Crippen molar-refractivity contribution in [2.24, 2.45) is 12.8 Å². The summed E-state index contributed by atoms with van der Waals surface area (Å²) in [6.07, 6.45) is 5.37. The van der Waals surface area contributed by atoms with Gasteiger partial charge in [-0.15, -0.1) is 0 Å². The van der Waals surface area contributed by atoms with Crippen LogP contribution in [0.1, 0.15) is 24.2 Å². The van der Waals surface area contributed by atoms with Crippen molar-refractivity contribution < 1.29 is 0 Å². The zero-order valence-corrected chi connectivity index (χ0v) is 9.68. The van der Waals surface area contributed by atoms with E-state index in [9.17, 15) is 0 Å². The van der Waals surface area contributed by atoms with Crippen LogP contribution in [0.15, 0.2) is 18.6 Å². The van der Waals surface area contributed by atoms with Gasteiger partial charge in [-0.05, 0) is 13.8 Å². The number of nitrogens with zero attached hydrogens (tertiary/aromatic N) is 4. The molecule has 5 heteroatoms. The van der Waals surface area contributed by atoms with Crippen molar-refractivity contribution in [3.63, 3.8) is 0 Å². The summed E-state index contributed by atoms with van der Waals surface area (Å²) < 4.78 is 1.89. The summed E-state index contributed by atoms with van der Waals surface area (Å²) in [5.41, 5.74) is 7.69. The number of imidazole rings is 1. The van der Waals surface area contributed by atoms with Gasteiger partial charge in [0.05, 0.1) is 0 Å². The van der Waals surface area contributed by atoms with Crippen molar-refractivity contribution in [2.75, 3.05) is 0 Å². The lowest BCUT2D eigenvalue weighted by molar-refractivity contribution is 0.787. The lowest BCUT2D eigenvalue weighted by atomic mass is 10.1. The van der Waals surface area contributed by atoms with E-state index >= 15 is 0 Å². The highest BCUT2D eigenvalue weighted by atomic mass is 15.1. The second-order valence-corrected chi connectivity index (χ2v) is 3.88. The SMILES string of the molecule is Cc1nc(-c2nccn2C)ncc1[C@H](C)N. The molecule has 0 aliphatic rings. The fourth-order valence-corrected chi connectivity index (χ4v) is 1.61. The van der Waals surface area contributed by atoms with E-state index in [4.69, 9.17) is 5.73 Å². The Hall–Kier alpha value is -1.75. The highest BCUT2D eigenvalue weighted by Gasteiger charge is 2.10. The molecule has 2 aromatic rings. The number of aryl methyl sites for hydroxylation is 2. The Kier molecular flexibility index (Phi) is 2.70. The van der Waals surface area contributed by atoms with Crippen molar-refractivity contribution in [3.05, 3.63) is 29.8 Å². The van der Waals surface area contributed by atoms with Crippen molar-refractivity contribution in [1.29, 1.82) is 0 Å². The molecule has 16 heavy (non-hydrogen) atoms. The molecule has 2 rings (SSSR count). The maximum Gasteiger partial charge on any atom is 0.196 e. The van der Waals surface area contributed by atoms with E-state index in [0.717, 1.165) is 17.1 Å². The highest BCUT2D eigenvalue weighted by Crippen LogP contribution is 2.16. The van der Waals surface area contributed by atoms with Gasteiger partial charge in [-0.2, -0.15) is 0 Å². The summed E-state index contributed by atoms with van der Waals surface area (Å²) in [5, 5.41) is 0. The molecule has 0 bridgehead atoms. The van der Waals surface area contributed by atoms with Crippen LogP contribution in [0, 0.1) is 6.92 Å². The number of rotatable bonds is 2. The first-order valence-corrected chi connectivity index (χ1v) is 5.16. The second-order valence-electron chi connectivity index (χ2n) is 3.88. The molecule has 0 aliphatic heterocycles. The highest BCUT2D eigenvalue weighted by molar-refractivity contribution is 5.44. The Morgan fingerprint density at radius 2 is 2.12 bits per heavy atom. The summed E-state index contributed by atoms with van der Waals surface area (Å²) in [5.74, 6) is 1.40. The van der Waals surface area contributed by atoms with Gasteiger partial charge in [-0.1, -0.05) is 0 Å². The molecule has 0 aromatic carbocycles. The summed E-state index contributed by atoms with van der Waals surface area (Å²) in [6, 6.07) is -0.0459. The lowest BCUT2D eigenvalue weighted by Gasteiger charge is -2.09. The maximum atomic E-state index is 5.81. The molecule has 2 heterocycles. The Morgan fingerprint density at radius 1 is 1.38 bits per heavy atom. The van der Waals surface area contributed by atoms with Crippen LogP contribution in [-0.2, 0) is 7.05 Å². The molecule has 0 saturated heterocycles. The number of nitrogens with two attached hydrogens (primary N) is 1. The third kappa shape index (κ3) is 1.81. The van der Waals surface area contributed by atoms with Gasteiger partial charge in [0.1, 0.15) is 0 Å². The van der Waals surface area contributed by atoms with E-state index in [2.05, 4.69) is 15.0 Å². The number of hydrogen-bond donors (Lipinski definition) is 1. The van der Waals surface area contributed by atoms with Gasteiger partial charge < -0.3 is 10.3 Å². The molecule has 2 aromatic heterocycles. The molecule has 0 saturated carbocycles. The van der Waals surface area contributed by atoms with E-state index in [-0.39, 0.29) is 6.04 Å². The minimum absolute atomic E-state index is 0.0459. The molecule has 5 nitrogen and oxygen atoms in total. The normalized spacial score (nSPS) is 12.8. The first-order chi connectivity index (χ1) is 7.59. The Morgan fingerprint density at radius 3 is 2.62 bits per heavy atom. The first-order valence-electron chi connectivity index (χ1n) is 5.16. The van der Waals surface area contributed by atoms with Crippen LogP contribution >= 0.6 is 0 Å². The summed E-state index contributed by atoms with van der Waals surface area (Å²) in [7, 11) is 1.92. The van der Waals surface area contributed by atoms with E-state index in [1.165, 1.54) is 0 Å². The molecule has 0 fully saturated rings. The average molecular weight is 217 g/mol. The van der Waals surface area contributed by atoms with E-state index in [1.807, 2.05) is 31.7 Å². The first kappa shape index (κ1) is 10.8. The fourth-order valence-electron chi connectivity index (χ4n) is 1.61. The molecule has 0 unspecified atom stereocenters. The molecular formula is C11H15N5. The van der Waals surface area contributed by atoms with E-state index in [1.54, 1.807) is 12.4 Å². The smallest absolute Gasteiger partial charge is 0.196 e. The average Bonchev–Trinajstić information content (AvgIpc) is 2.63. The predicted octanol–water partition coefficient (Wildman–Crippen LogP) is 1.21. The van der Waals surface area contributed by atoms with Crippen molar-refractivity contribution >= 4 is 0 Å². The van der Waals surface area contributed by atoms with Crippen LogP contribution in [0.3, 0.4) is 0 Å². The van der Waals surface area contributed by atoms with Crippen molar-refractivity contribution in [1.82, 2.24) is 19.5 Å². The summed E-state index contributed by atoms with van der Waals surface area (Å²) >= 11 is 0.